The van der Waals surface area contributed by atoms with E-state index < -0.39 is 47.9 Å². The number of aliphatic imine (C=N–C) groups is 1. The average Bonchev–Trinajstić information content (AvgIpc) is 2.87. The zero-order valence-corrected chi connectivity index (χ0v) is 22.1. The summed E-state index contributed by atoms with van der Waals surface area (Å²) < 4.78 is 0. The first kappa shape index (κ1) is 31.7. The van der Waals surface area contributed by atoms with E-state index in [1.807, 2.05) is 13.0 Å². The maximum atomic E-state index is 13.3. The molecule has 0 bridgehead atoms. The molecule has 0 aliphatic carbocycles. The first-order valence-corrected chi connectivity index (χ1v) is 12.7. The van der Waals surface area contributed by atoms with Gasteiger partial charge in [0, 0.05) is 18.7 Å². The number of carboxylic acid groups (broad SMARTS) is 1. The van der Waals surface area contributed by atoms with Crippen molar-refractivity contribution in [1.29, 1.82) is 0 Å². The van der Waals surface area contributed by atoms with Crippen molar-refractivity contribution >= 4 is 42.3 Å². The highest BCUT2D eigenvalue weighted by Gasteiger charge is 2.32. The third kappa shape index (κ3) is 11.5. The molecule has 1 rings (SSSR count). The van der Waals surface area contributed by atoms with Crippen molar-refractivity contribution in [3.63, 3.8) is 0 Å². The number of hydrogen-bond donors (Lipinski definition) is 8. The summed E-state index contributed by atoms with van der Waals surface area (Å²) in [6.45, 7) is 3.86. The van der Waals surface area contributed by atoms with Crippen molar-refractivity contribution in [1.82, 2.24) is 16.0 Å². The average molecular weight is 538 g/mol. The van der Waals surface area contributed by atoms with Gasteiger partial charge in [-0.1, -0.05) is 50.6 Å². The highest BCUT2D eigenvalue weighted by Crippen LogP contribution is 2.11. The number of nitrogens with two attached hydrogens (primary N) is 3. The Hall–Kier alpha value is -3.32. The van der Waals surface area contributed by atoms with Crippen LogP contribution in [0.3, 0.4) is 0 Å². The third-order valence-corrected chi connectivity index (χ3v) is 6.20. The molecule has 206 valence electrons. The molecule has 0 aromatic heterocycles. The second-order valence-electron chi connectivity index (χ2n) is 8.76. The lowest BCUT2D eigenvalue weighted by Gasteiger charge is -2.28. The van der Waals surface area contributed by atoms with Crippen molar-refractivity contribution in [3.05, 3.63) is 35.9 Å². The van der Waals surface area contributed by atoms with Crippen LogP contribution in [0.25, 0.3) is 0 Å². The molecule has 5 unspecified atom stereocenters. The third-order valence-electron chi connectivity index (χ3n) is 5.80. The second kappa shape index (κ2) is 16.4. The van der Waals surface area contributed by atoms with Gasteiger partial charge in [0.15, 0.2) is 5.96 Å². The predicted octanol–water partition coefficient (Wildman–Crippen LogP) is -0.875. The van der Waals surface area contributed by atoms with Crippen molar-refractivity contribution in [2.75, 3.05) is 12.3 Å². The molecule has 0 fully saturated rings. The van der Waals surface area contributed by atoms with Gasteiger partial charge in [-0.2, -0.15) is 12.6 Å². The number of hydrogen-bond acceptors (Lipinski definition) is 7. The fraction of sp³-hybridized carbons (Fsp3) is 0.542. The summed E-state index contributed by atoms with van der Waals surface area (Å²) in [6.07, 6.45) is 1.08. The van der Waals surface area contributed by atoms with E-state index >= 15 is 0 Å². The number of carboxylic acids is 1. The fourth-order valence-corrected chi connectivity index (χ4v) is 3.56. The van der Waals surface area contributed by atoms with E-state index in [4.69, 9.17) is 17.2 Å². The molecule has 1 aromatic rings. The number of guanidine groups is 1. The molecule has 0 saturated heterocycles. The maximum Gasteiger partial charge on any atom is 0.326 e. The first-order valence-electron chi connectivity index (χ1n) is 12.1. The molecule has 0 saturated carbocycles. The number of rotatable bonds is 16. The van der Waals surface area contributed by atoms with Crippen molar-refractivity contribution in [2.45, 2.75) is 63.7 Å². The van der Waals surface area contributed by atoms with Gasteiger partial charge < -0.3 is 38.3 Å². The molecule has 37 heavy (non-hydrogen) atoms. The second-order valence-corrected chi connectivity index (χ2v) is 9.13. The molecule has 0 aliphatic heterocycles. The summed E-state index contributed by atoms with van der Waals surface area (Å²) in [5, 5.41) is 17.4. The van der Waals surface area contributed by atoms with E-state index in [0.29, 0.717) is 12.8 Å². The highest BCUT2D eigenvalue weighted by molar-refractivity contribution is 7.80. The lowest BCUT2D eigenvalue weighted by molar-refractivity contribution is -0.142. The molecular formula is C24H39N7O5S. The van der Waals surface area contributed by atoms with Gasteiger partial charge in [-0.15, -0.1) is 0 Å². The van der Waals surface area contributed by atoms with Gasteiger partial charge >= 0.3 is 5.97 Å². The van der Waals surface area contributed by atoms with Crippen molar-refractivity contribution in [2.24, 2.45) is 28.1 Å². The Morgan fingerprint density at radius 3 is 2.16 bits per heavy atom. The molecule has 10 N–H and O–H groups in total. The van der Waals surface area contributed by atoms with Crippen LogP contribution < -0.4 is 33.2 Å². The van der Waals surface area contributed by atoms with E-state index in [1.165, 1.54) is 0 Å². The summed E-state index contributed by atoms with van der Waals surface area (Å²) in [6, 6.07) is 4.80. The quantitative estimate of drug-likeness (QED) is 0.0572. The molecule has 1 aromatic carbocycles. The van der Waals surface area contributed by atoms with Crippen LogP contribution in [0, 0.1) is 5.92 Å². The molecule has 0 aliphatic rings. The van der Waals surface area contributed by atoms with Crippen molar-refractivity contribution < 1.29 is 24.3 Å². The largest absolute Gasteiger partial charge is 0.480 e. The minimum atomic E-state index is -1.23. The van der Waals surface area contributed by atoms with E-state index in [1.54, 1.807) is 31.2 Å². The lowest BCUT2D eigenvalue weighted by atomic mass is 9.96. The zero-order valence-electron chi connectivity index (χ0n) is 21.2. The van der Waals surface area contributed by atoms with E-state index in [9.17, 15) is 24.3 Å². The zero-order chi connectivity index (χ0) is 28.0. The number of aliphatic carboxylic acids is 1. The minimum absolute atomic E-state index is 0.0804. The van der Waals surface area contributed by atoms with Crippen LogP contribution in [0.5, 0.6) is 0 Å². The first-order chi connectivity index (χ1) is 17.5. The van der Waals surface area contributed by atoms with Crippen LogP contribution in [0.2, 0.25) is 0 Å². The Morgan fingerprint density at radius 1 is 1.00 bits per heavy atom. The van der Waals surface area contributed by atoms with Crippen LogP contribution >= 0.6 is 12.6 Å². The summed E-state index contributed by atoms with van der Waals surface area (Å²) in [4.78, 5) is 54.4. The minimum Gasteiger partial charge on any atom is -0.480 e. The number of nitrogens with zero attached hydrogens (tertiary/aromatic N) is 1. The topological polar surface area (TPSA) is 215 Å². The molecule has 12 nitrogen and oxygen atoms in total. The Balaban J connectivity index is 3.10. The Bertz CT molecular complexity index is 927. The van der Waals surface area contributed by atoms with Crippen LogP contribution in [0.1, 0.15) is 38.7 Å². The Kier molecular flexibility index (Phi) is 14.1. The van der Waals surface area contributed by atoms with Crippen molar-refractivity contribution in [3.8, 4) is 0 Å². The van der Waals surface area contributed by atoms with Gasteiger partial charge in [-0.25, -0.2) is 4.79 Å². The normalized spacial score (nSPS) is 14.8. The van der Waals surface area contributed by atoms with Gasteiger partial charge in [0.1, 0.15) is 18.1 Å². The van der Waals surface area contributed by atoms with Gasteiger partial charge in [-0.05, 0) is 24.3 Å². The number of amides is 3. The fourth-order valence-electron chi connectivity index (χ4n) is 3.40. The van der Waals surface area contributed by atoms with Crippen LogP contribution in [-0.2, 0) is 25.6 Å². The van der Waals surface area contributed by atoms with Crippen LogP contribution in [-0.4, -0.2) is 71.2 Å². The summed E-state index contributed by atoms with van der Waals surface area (Å²) in [7, 11) is 0. The molecule has 0 spiro atoms. The van der Waals surface area contributed by atoms with Gasteiger partial charge in [0.25, 0.3) is 0 Å². The lowest BCUT2D eigenvalue weighted by Crippen LogP contribution is -2.59. The smallest absolute Gasteiger partial charge is 0.326 e. The number of thiol groups is 1. The highest BCUT2D eigenvalue weighted by atomic mass is 32.1. The van der Waals surface area contributed by atoms with Gasteiger partial charge in [0.05, 0.1) is 6.04 Å². The van der Waals surface area contributed by atoms with E-state index in [2.05, 4.69) is 33.6 Å². The van der Waals surface area contributed by atoms with Gasteiger partial charge in [-0.3, -0.25) is 19.4 Å². The standard InChI is InChI=1S/C24H39N7O5S/c1-3-14(2)19(31-20(32)16(25)13-37)22(34)30-18(12-15-8-5-4-6-9-15)21(33)29-17(23(35)36)10-7-11-28-24(26)27/h4-6,8-9,14,16-19,37H,3,7,10-13,25H2,1-2H3,(H,29,33)(H,30,34)(H,31,32)(H,35,36)(H4,26,27,28). The molecule has 3 amide bonds. The molecule has 5 atom stereocenters. The van der Waals surface area contributed by atoms with E-state index in [-0.39, 0.29) is 37.0 Å². The number of carbonyl (C=O) groups excluding carboxylic acids is 3. The SMILES string of the molecule is CCC(C)C(NC(=O)C(N)CS)C(=O)NC(Cc1ccccc1)C(=O)NC(CCCN=C(N)N)C(=O)O. The number of carbonyl (C=O) groups is 4. The summed E-state index contributed by atoms with van der Waals surface area (Å²) in [5.41, 5.74) is 17.1. The molecule has 0 radical (unpaired) electrons. The molecule has 0 heterocycles. The number of benzene rings is 1. The Morgan fingerprint density at radius 2 is 1.62 bits per heavy atom. The molecular weight excluding hydrogens is 498 g/mol. The predicted molar refractivity (Wildman–Crippen MR) is 145 cm³/mol. The summed E-state index contributed by atoms with van der Waals surface area (Å²) >= 11 is 4.02. The monoisotopic (exact) mass is 537 g/mol. The summed E-state index contributed by atoms with van der Waals surface area (Å²) in [5.74, 6) is -3.30. The molecule has 13 heteroatoms. The maximum absolute atomic E-state index is 13.3. The van der Waals surface area contributed by atoms with Crippen LogP contribution in [0.15, 0.2) is 35.3 Å². The Labute approximate surface area is 222 Å². The van der Waals surface area contributed by atoms with Crippen LogP contribution in [0.4, 0.5) is 0 Å². The van der Waals surface area contributed by atoms with Gasteiger partial charge in [0.2, 0.25) is 17.7 Å². The van der Waals surface area contributed by atoms with E-state index in [0.717, 1.165) is 5.56 Å². The number of nitrogens with one attached hydrogen (secondary N) is 3.